The Kier molecular flexibility index (Phi) is 3.48. The number of nitrogens with zero attached hydrogens (tertiary/aromatic N) is 1. The minimum absolute atomic E-state index is 0.0110. The number of carbonyl (C=O) groups is 1. The number of aliphatic carboxylic acids is 1. The number of hydrogen-bond acceptors (Lipinski definition) is 4. The van der Waals surface area contributed by atoms with E-state index < -0.39 is 5.97 Å². The van der Waals surface area contributed by atoms with Gasteiger partial charge in [0, 0.05) is 19.3 Å². The zero-order valence-electron chi connectivity index (χ0n) is 8.85. The fraction of sp³-hybridized carbons (Fsp3) is 0.455. The second kappa shape index (κ2) is 5.05. The fourth-order valence-electron chi connectivity index (χ4n) is 1.66. The van der Waals surface area contributed by atoms with Crippen molar-refractivity contribution in [3.05, 3.63) is 29.6 Å². The quantitative estimate of drug-likeness (QED) is 0.773. The van der Waals surface area contributed by atoms with Crippen LogP contribution in [0.5, 0.6) is 0 Å². The molecule has 0 bridgehead atoms. The molecule has 0 aromatic carbocycles. The van der Waals surface area contributed by atoms with Crippen molar-refractivity contribution >= 4 is 5.97 Å². The number of morpholine rings is 1. The number of ether oxygens (including phenoxy) is 1. The SMILES string of the molecule is O=C(O)Cc1ccc(C2CNCCO2)nc1. The van der Waals surface area contributed by atoms with Gasteiger partial charge in [0.05, 0.1) is 18.7 Å². The first kappa shape index (κ1) is 11.0. The van der Waals surface area contributed by atoms with Crippen molar-refractivity contribution in [2.45, 2.75) is 12.5 Å². The summed E-state index contributed by atoms with van der Waals surface area (Å²) < 4.78 is 5.54. The van der Waals surface area contributed by atoms with E-state index in [0.717, 1.165) is 18.8 Å². The molecule has 2 rings (SSSR count). The Morgan fingerprint density at radius 2 is 2.50 bits per heavy atom. The molecule has 0 aliphatic carbocycles. The van der Waals surface area contributed by atoms with Crippen LogP contribution in [0.25, 0.3) is 0 Å². The van der Waals surface area contributed by atoms with Crippen molar-refractivity contribution in [2.75, 3.05) is 19.7 Å². The molecule has 0 saturated carbocycles. The molecule has 1 saturated heterocycles. The van der Waals surface area contributed by atoms with E-state index in [1.54, 1.807) is 12.3 Å². The Hall–Kier alpha value is -1.46. The van der Waals surface area contributed by atoms with Gasteiger partial charge in [0.1, 0.15) is 6.10 Å². The summed E-state index contributed by atoms with van der Waals surface area (Å²) in [4.78, 5) is 14.7. The maximum Gasteiger partial charge on any atom is 0.307 e. The Balaban J connectivity index is 2.03. The molecule has 1 aliphatic rings. The van der Waals surface area contributed by atoms with Gasteiger partial charge in [-0.3, -0.25) is 9.78 Å². The summed E-state index contributed by atoms with van der Waals surface area (Å²) in [5, 5.41) is 11.8. The first-order valence-corrected chi connectivity index (χ1v) is 5.24. The van der Waals surface area contributed by atoms with Crippen LogP contribution < -0.4 is 5.32 Å². The average Bonchev–Trinajstić information content (AvgIpc) is 2.30. The smallest absolute Gasteiger partial charge is 0.307 e. The van der Waals surface area contributed by atoms with Gasteiger partial charge in [-0.2, -0.15) is 0 Å². The van der Waals surface area contributed by atoms with E-state index in [1.165, 1.54) is 0 Å². The fourth-order valence-corrected chi connectivity index (χ4v) is 1.66. The molecule has 16 heavy (non-hydrogen) atoms. The monoisotopic (exact) mass is 222 g/mol. The van der Waals surface area contributed by atoms with Crippen LogP contribution in [-0.4, -0.2) is 35.8 Å². The highest BCUT2D eigenvalue weighted by Crippen LogP contribution is 2.16. The van der Waals surface area contributed by atoms with Gasteiger partial charge >= 0.3 is 5.97 Å². The van der Waals surface area contributed by atoms with Crippen molar-refractivity contribution in [3.63, 3.8) is 0 Å². The lowest BCUT2D eigenvalue weighted by atomic mass is 10.1. The van der Waals surface area contributed by atoms with Gasteiger partial charge in [-0.25, -0.2) is 0 Å². The molecule has 2 N–H and O–H groups in total. The normalized spacial score (nSPS) is 20.6. The highest BCUT2D eigenvalue weighted by molar-refractivity contribution is 5.69. The Morgan fingerprint density at radius 1 is 1.62 bits per heavy atom. The van der Waals surface area contributed by atoms with Gasteiger partial charge in [0.2, 0.25) is 0 Å². The number of hydrogen-bond donors (Lipinski definition) is 2. The second-order valence-electron chi connectivity index (χ2n) is 3.73. The van der Waals surface area contributed by atoms with E-state index in [9.17, 15) is 4.79 Å². The van der Waals surface area contributed by atoms with Gasteiger partial charge in [-0.1, -0.05) is 6.07 Å². The summed E-state index contributed by atoms with van der Waals surface area (Å²) in [6.45, 7) is 2.31. The molecule has 1 aromatic heterocycles. The summed E-state index contributed by atoms with van der Waals surface area (Å²) in [6, 6.07) is 3.62. The highest BCUT2D eigenvalue weighted by Gasteiger charge is 2.16. The minimum Gasteiger partial charge on any atom is -0.481 e. The molecule has 5 nitrogen and oxygen atoms in total. The molecule has 1 fully saturated rings. The molecule has 2 heterocycles. The molecule has 1 unspecified atom stereocenters. The van der Waals surface area contributed by atoms with E-state index in [1.807, 2.05) is 6.07 Å². The first-order chi connectivity index (χ1) is 7.75. The summed E-state index contributed by atoms with van der Waals surface area (Å²) in [7, 11) is 0. The maximum atomic E-state index is 10.5. The van der Waals surface area contributed by atoms with Gasteiger partial charge < -0.3 is 15.2 Å². The van der Waals surface area contributed by atoms with Crippen LogP contribution in [0.3, 0.4) is 0 Å². The molecule has 86 valence electrons. The molecule has 5 heteroatoms. The maximum absolute atomic E-state index is 10.5. The largest absolute Gasteiger partial charge is 0.481 e. The van der Waals surface area contributed by atoms with Gasteiger partial charge in [0.15, 0.2) is 0 Å². The van der Waals surface area contributed by atoms with E-state index in [2.05, 4.69) is 10.3 Å². The van der Waals surface area contributed by atoms with E-state index in [-0.39, 0.29) is 12.5 Å². The average molecular weight is 222 g/mol. The third-order valence-corrected chi connectivity index (χ3v) is 2.46. The molecule has 1 atom stereocenters. The van der Waals surface area contributed by atoms with Crippen LogP contribution >= 0.6 is 0 Å². The molecular weight excluding hydrogens is 208 g/mol. The van der Waals surface area contributed by atoms with Crippen molar-refractivity contribution in [1.82, 2.24) is 10.3 Å². The zero-order valence-corrected chi connectivity index (χ0v) is 8.85. The third-order valence-electron chi connectivity index (χ3n) is 2.46. The van der Waals surface area contributed by atoms with Crippen LogP contribution in [0.15, 0.2) is 18.3 Å². The van der Waals surface area contributed by atoms with E-state index in [4.69, 9.17) is 9.84 Å². The molecule has 0 amide bonds. The van der Waals surface area contributed by atoms with Crippen LogP contribution in [0.4, 0.5) is 0 Å². The number of carboxylic acids is 1. The Bertz CT molecular complexity index is 358. The van der Waals surface area contributed by atoms with Crippen molar-refractivity contribution in [2.24, 2.45) is 0 Å². The summed E-state index contributed by atoms with van der Waals surface area (Å²) in [5.41, 5.74) is 1.56. The van der Waals surface area contributed by atoms with Crippen molar-refractivity contribution in [1.29, 1.82) is 0 Å². The summed E-state index contributed by atoms with van der Waals surface area (Å²) >= 11 is 0. The van der Waals surface area contributed by atoms with Crippen LogP contribution in [0.2, 0.25) is 0 Å². The molecule has 1 aromatic rings. The lowest BCUT2D eigenvalue weighted by molar-refractivity contribution is -0.136. The van der Waals surface area contributed by atoms with Crippen molar-refractivity contribution in [3.8, 4) is 0 Å². The Morgan fingerprint density at radius 3 is 3.06 bits per heavy atom. The Labute approximate surface area is 93.5 Å². The van der Waals surface area contributed by atoms with Crippen molar-refractivity contribution < 1.29 is 14.6 Å². The second-order valence-corrected chi connectivity index (χ2v) is 3.73. The number of aromatic nitrogens is 1. The topological polar surface area (TPSA) is 71.5 Å². The van der Waals surface area contributed by atoms with Crippen LogP contribution in [-0.2, 0) is 16.0 Å². The number of carboxylic acid groups (broad SMARTS) is 1. The van der Waals surface area contributed by atoms with E-state index >= 15 is 0 Å². The van der Waals surface area contributed by atoms with Gasteiger partial charge in [-0.15, -0.1) is 0 Å². The van der Waals surface area contributed by atoms with Gasteiger partial charge in [0.25, 0.3) is 0 Å². The molecular formula is C11H14N2O3. The summed E-state index contributed by atoms with van der Waals surface area (Å²) in [6.07, 6.45) is 1.59. The number of pyridine rings is 1. The van der Waals surface area contributed by atoms with E-state index in [0.29, 0.717) is 12.2 Å². The van der Waals surface area contributed by atoms with Crippen LogP contribution in [0.1, 0.15) is 17.4 Å². The lowest BCUT2D eigenvalue weighted by Crippen LogP contribution is -2.33. The standard InChI is InChI=1S/C11H14N2O3/c14-11(15)5-8-1-2-9(13-6-8)10-7-12-3-4-16-10/h1-2,6,10,12H,3-5,7H2,(H,14,15). The molecule has 0 radical (unpaired) electrons. The first-order valence-electron chi connectivity index (χ1n) is 5.24. The van der Waals surface area contributed by atoms with Gasteiger partial charge in [-0.05, 0) is 11.6 Å². The summed E-state index contributed by atoms with van der Waals surface area (Å²) in [5.74, 6) is -0.842. The number of nitrogens with one attached hydrogen (secondary N) is 1. The lowest BCUT2D eigenvalue weighted by Gasteiger charge is -2.23. The third kappa shape index (κ3) is 2.77. The molecule has 0 spiro atoms. The minimum atomic E-state index is -0.842. The predicted octanol–water partition coefficient (Wildman–Crippen LogP) is 0.370. The predicted molar refractivity (Wildman–Crippen MR) is 57.1 cm³/mol. The molecule has 1 aliphatic heterocycles. The highest BCUT2D eigenvalue weighted by atomic mass is 16.5. The zero-order chi connectivity index (χ0) is 11.4. The number of rotatable bonds is 3. The van der Waals surface area contributed by atoms with Crippen LogP contribution in [0, 0.1) is 0 Å².